The van der Waals surface area contributed by atoms with Crippen molar-refractivity contribution in [2.45, 2.75) is 58.1 Å². The lowest BCUT2D eigenvalue weighted by Crippen LogP contribution is -2.38. The second-order valence-corrected chi connectivity index (χ2v) is 7.02. The van der Waals surface area contributed by atoms with Crippen molar-refractivity contribution < 1.29 is 5.11 Å². The number of nitrogens with zero attached hydrogens (tertiary/aromatic N) is 1. The zero-order chi connectivity index (χ0) is 14.7. The average molecular weight is 287 g/mol. The van der Waals surface area contributed by atoms with Crippen LogP contribution in [0.1, 0.15) is 50.2 Å². The van der Waals surface area contributed by atoms with Crippen molar-refractivity contribution in [3.8, 4) is 0 Å². The number of hydrogen-bond acceptors (Lipinski definition) is 2. The Morgan fingerprint density at radius 3 is 2.81 bits per heavy atom. The van der Waals surface area contributed by atoms with Gasteiger partial charge in [-0.05, 0) is 61.6 Å². The fourth-order valence-electron chi connectivity index (χ4n) is 4.17. The molecule has 1 saturated carbocycles. The molecule has 2 heteroatoms. The van der Waals surface area contributed by atoms with Gasteiger partial charge in [-0.2, -0.15) is 0 Å². The van der Waals surface area contributed by atoms with Gasteiger partial charge >= 0.3 is 0 Å². The van der Waals surface area contributed by atoms with E-state index in [0.717, 1.165) is 25.4 Å². The van der Waals surface area contributed by atoms with Gasteiger partial charge in [0.1, 0.15) is 0 Å². The minimum Gasteiger partial charge on any atom is -0.393 e. The third kappa shape index (κ3) is 3.67. The summed E-state index contributed by atoms with van der Waals surface area (Å²) in [5.41, 5.74) is 3.02. The summed E-state index contributed by atoms with van der Waals surface area (Å²) in [5, 5.41) is 10.4. The Morgan fingerprint density at radius 1 is 1.19 bits per heavy atom. The van der Waals surface area contributed by atoms with Crippen molar-refractivity contribution in [1.82, 2.24) is 4.90 Å². The van der Waals surface area contributed by atoms with Crippen LogP contribution in [0.5, 0.6) is 0 Å². The van der Waals surface area contributed by atoms with E-state index in [-0.39, 0.29) is 6.10 Å². The Bertz CT molecular complexity index is 459. The molecule has 3 rings (SSSR count). The van der Waals surface area contributed by atoms with Crippen LogP contribution in [0.4, 0.5) is 0 Å². The first-order valence-electron chi connectivity index (χ1n) is 8.73. The molecular weight excluding hydrogens is 258 g/mol. The molecule has 0 radical (unpaired) electrons. The van der Waals surface area contributed by atoms with E-state index < -0.39 is 0 Å². The molecular formula is C19H29NO. The van der Waals surface area contributed by atoms with Gasteiger partial charge in [0.25, 0.3) is 0 Å². The highest BCUT2D eigenvalue weighted by Crippen LogP contribution is 2.32. The summed E-state index contributed by atoms with van der Waals surface area (Å²) >= 11 is 0. The summed E-state index contributed by atoms with van der Waals surface area (Å²) in [6.45, 7) is 5.61. The molecule has 0 saturated heterocycles. The Kier molecular flexibility index (Phi) is 4.97. The van der Waals surface area contributed by atoms with Gasteiger partial charge in [0.2, 0.25) is 0 Å². The molecule has 1 aliphatic carbocycles. The van der Waals surface area contributed by atoms with Gasteiger partial charge in [-0.1, -0.05) is 37.6 Å². The lowest BCUT2D eigenvalue weighted by Gasteiger charge is -2.36. The fraction of sp³-hybridized carbons (Fsp3) is 0.684. The Labute approximate surface area is 129 Å². The van der Waals surface area contributed by atoms with Gasteiger partial charge in [-0.25, -0.2) is 0 Å². The first-order valence-corrected chi connectivity index (χ1v) is 8.73. The molecule has 1 fully saturated rings. The summed E-state index contributed by atoms with van der Waals surface area (Å²) in [7, 11) is 0. The highest BCUT2D eigenvalue weighted by Gasteiger charge is 2.30. The van der Waals surface area contributed by atoms with Gasteiger partial charge in [-0.3, -0.25) is 4.90 Å². The standard InChI is InChI=1S/C19H29NO/c1-2-15-9-10-19(21)18(12-15)14-20-11-5-8-16-6-3-4-7-17(16)13-20/h3-4,6-7,15,18-19,21H,2,5,8-14H2,1H3. The molecule has 3 unspecified atom stereocenters. The van der Waals surface area contributed by atoms with Crippen LogP contribution in [0.3, 0.4) is 0 Å². The molecule has 1 N–H and O–H groups in total. The fourth-order valence-corrected chi connectivity index (χ4v) is 4.17. The smallest absolute Gasteiger partial charge is 0.0580 e. The van der Waals surface area contributed by atoms with Gasteiger partial charge in [-0.15, -0.1) is 0 Å². The molecule has 0 bridgehead atoms. The van der Waals surface area contributed by atoms with Crippen LogP contribution in [0.25, 0.3) is 0 Å². The highest BCUT2D eigenvalue weighted by atomic mass is 16.3. The number of aryl methyl sites for hydroxylation is 1. The lowest BCUT2D eigenvalue weighted by molar-refractivity contribution is 0.0255. The van der Waals surface area contributed by atoms with Crippen LogP contribution in [-0.4, -0.2) is 29.2 Å². The van der Waals surface area contributed by atoms with E-state index in [2.05, 4.69) is 36.1 Å². The predicted molar refractivity (Wildman–Crippen MR) is 87.2 cm³/mol. The lowest BCUT2D eigenvalue weighted by atomic mass is 9.78. The van der Waals surface area contributed by atoms with Crippen molar-refractivity contribution in [2.24, 2.45) is 11.8 Å². The molecule has 1 heterocycles. The summed E-state index contributed by atoms with van der Waals surface area (Å²) in [5.74, 6) is 1.31. The van der Waals surface area contributed by atoms with Crippen molar-refractivity contribution in [3.05, 3.63) is 35.4 Å². The summed E-state index contributed by atoms with van der Waals surface area (Å²) in [6, 6.07) is 8.87. The van der Waals surface area contributed by atoms with E-state index in [1.54, 1.807) is 0 Å². The number of fused-ring (bicyclic) bond motifs is 1. The summed E-state index contributed by atoms with van der Waals surface area (Å²) in [6.07, 6.45) is 7.09. The Balaban J connectivity index is 1.64. The summed E-state index contributed by atoms with van der Waals surface area (Å²) < 4.78 is 0. The third-order valence-corrected chi connectivity index (χ3v) is 5.55. The van der Waals surface area contributed by atoms with Crippen LogP contribution >= 0.6 is 0 Å². The number of hydrogen-bond donors (Lipinski definition) is 1. The number of rotatable bonds is 3. The maximum Gasteiger partial charge on any atom is 0.0580 e. The van der Waals surface area contributed by atoms with Crippen LogP contribution in [0.15, 0.2) is 24.3 Å². The third-order valence-electron chi connectivity index (χ3n) is 5.55. The van der Waals surface area contributed by atoms with Crippen molar-refractivity contribution >= 4 is 0 Å². The second kappa shape index (κ2) is 6.93. The van der Waals surface area contributed by atoms with E-state index in [1.165, 1.54) is 49.8 Å². The zero-order valence-corrected chi connectivity index (χ0v) is 13.3. The largest absolute Gasteiger partial charge is 0.393 e. The van der Waals surface area contributed by atoms with E-state index in [4.69, 9.17) is 0 Å². The molecule has 116 valence electrons. The average Bonchev–Trinajstić information content (AvgIpc) is 2.71. The summed E-state index contributed by atoms with van der Waals surface area (Å²) in [4.78, 5) is 2.58. The predicted octanol–water partition coefficient (Wildman–Crippen LogP) is 3.62. The molecule has 2 aliphatic rings. The SMILES string of the molecule is CCC1CCC(O)C(CN2CCCc3ccccc3C2)C1. The Morgan fingerprint density at radius 2 is 2.00 bits per heavy atom. The molecule has 0 aromatic heterocycles. The normalized spacial score (nSPS) is 30.7. The van der Waals surface area contributed by atoms with Gasteiger partial charge < -0.3 is 5.11 Å². The highest BCUT2D eigenvalue weighted by molar-refractivity contribution is 5.28. The van der Waals surface area contributed by atoms with E-state index in [9.17, 15) is 5.11 Å². The molecule has 0 amide bonds. The van der Waals surface area contributed by atoms with Gasteiger partial charge in [0.15, 0.2) is 0 Å². The van der Waals surface area contributed by atoms with Crippen molar-refractivity contribution in [3.63, 3.8) is 0 Å². The molecule has 1 aliphatic heterocycles. The van der Waals surface area contributed by atoms with Crippen LogP contribution in [0, 0.1) is 11.8 Å². The maximum atomic E-state index is 10.4. The zero-order valence-electron chi connectivity index (χ0n) is 13.3. The van der Waals surface area contributed by atoms with Crippen molar-refractivity contribution in [2.75, 3.05) is 13.1 Å². The van der Waals surface area contributed by atoms with Gasteiger partial charge in [0, 0.05) is 13.1 Å². The monoisotopic (exact) mass is 287 g/mol. The maximum absolute atomic E-state index is 10.4. The number of aliphatic hydroxyl groups is 1. The van der Waals surface area contributed by atoms with Crippen LogP contribution in [-0.2, 0) is 13.0 Å². The minimum atomic E-state index is -0.0775. The second-order valence-electron chi connectivity index (χ2n) is 7.02. The minimum absolute atomic E-state index is 0.0775. The van der Waals surface area contributed by atoms with Crippen LogP contribution < -0.4 is 0 Å². The van der Waals surface area contributed by atoms with E-state index in [1.807, 2.05) is 0 Å². The molecule has 0 spiro atoms. The van der Waals surface area contributed by atoms with Gasteiger partial charge in [0.05, 0.1) is 6.10 Å². The van der Waals surface area contributed by atoms with Crippen LogP contribution in [0.2, 0.25) is 0 Å². The molecule has 2 nitrogen and oxygen atoms in total. The van der Waals surface area contributed by atoms with Crippen molar-refractivity contribution in [1.29, 1.82) is 0 Å². The molecule has 21 heavy (non-hydrogen) atoms. The first kappa shape index (κ1) is 15.1. The molecule has 1 aromatic carbocycles. The first-order chi connectivity index (χ1) is 10.3. The quantitative estimate of drug-likeness (QED) is 0.918. The Hall–Kier alpha value is -0.860. The van der Waals surface area contributed by atoms with E-state index >= 15 is 0 Å². The topological polar surface area (TPSA) is 23.5 Å². The van der Waals surface area contributed by atoms with E-state index in [0.29, 0.717) is 5.92 Å². The molecule has 1 aromatic rings. The number of aliphatic hydroxyl groups excluding tert-OH is 1. The molecule has 3 atom stereocenters. The number of benzene rings is 1.